The molecular weight excluding hydrogens is 368 g/mol. The maximum absolute atomic E-state index is 12.5. The van der Waals surface area contributed by atoms with Crippen molar-refractivity contribution in [3.05, 3.63) is 48.5 Å². The molecule has 0 radical (unpaired) electrons. The minimum Gasteiger partial charge on any atom is -0.491 e. The Bertz CT molecular complexity index is 935. The molecule has 2 aromatic carbocycles. The van der Waals surface area contributed by atoms with Crippen LogP contribution in [0.15, 0.2) is 53.4 Å². The first-order chi connectivity index (χ1) is 12.8. The summed E-state index contributed by atoms with van der Waals surface area (Å²) < 4.78 is 33.1. The highest BCUT2D eigenvalue weighted by Gasteiger charge is 2.30. The van der Waals surface area contributed by atoms with Gasteiger partial charge in [0.15, 0.2) is 0 Å². The van der Waals surface area contributed by atoms with Gasteiger partial charge in [0.25, 0.3) is 10.0 Å². The highest BCUT2D eigenvalue weighted by molar-refractivity contribution is 7.92. The lowest BCUT2D eigenvalue weighted by Crippen LogP contribution is -2.28. The van der Waals surface area contributed by atoms with Crippen molar-refractivity contribution in [1.82, 2.24) is 0 Å². The van der Waals surface area contributed by atoms with Crippen molar-refractivity contribution in [2.45, 2.75) is 37.7 Å². The highest BCUT2D eigenvalue weighted by atomic mass is 32.2. The number of hydrogen-bond acceptors (Lipinski definition) is 5. The zero-order valence-corrected chi connectivity index (χ0v) is 15.8. The monoisotopic (exact) mass is 388 g/mol. The van der Waals surface area contributed by atoms with Gasteiger partial charge in [0.2, 0.25) is 11.8 Å². The van der Waals surface area contributed by atoms with E-state index in [9.17, 15) is 18.0 Å². The summed E-state index contributed by atoms with van der Waals surface area (Å²) in [6, 6.07) is 12.2. The lowest BCUT2D eigenvalue weighted by Gasteiger charge is -2.15. The van der Waals surface area contributed by atoms with Gasteiger partial charge in [0.1, 0.15) is 5.75 Å². The van der Waals surface area contributed by atoms with E-state index < -0.39 is 10.0 Å². The van der Waals surface area contributed by atoms with Gasteiger partial charge in [-0.2, -0.15) is 0 Å². The second-order valence-electron chi connectivity index (χ2n) is 6.41. The fourth-order valence-electron chi connectivity index (χ4n) is 2.73. The van der Waals surface area contributed by atoms with Crippen molar-refractivity contribution in [3.63, 3.8) is 0 Å². The second-order valence-corrected chi connectivity index (χ2v) is 8.10. The van der Waals surface area contributed by atoms with Gasteiger partial charge < -0.3 is 4.74 Å². The van der Waals surface area contributed by atoms with Gasteiger partial charge in [-0.05, 0) is 62.4 Å². The number of carbonyl (C=O) groups excluding carboxylic acids is 2. The van der Waals surface area contributed by atoms with Crippen LogP contribution in [0.2, 0.25) is 0 Å². The largest absolute Gasteiger partial charge is 0.491 e. The van der Waals surface area contributed by atoms with Crippen LogP contribution in [0.3, 0.4) is 0 Å². The quantitative estimate of drug-likeness (QED) is 0.768. The van der Waals surface area contributed by atoms with Crippen LogP contribution in [-0.2, 0) is 19.6 Å². The predicted molar refractivity (Wildman–Crippen MR) is 101 cm³/mol. The Morgan fingerprint density at radius 3 is 2.00 bits per heavy atom. The lowest BCUT2D eigenvalue weighted by molar-refractivity contribution is -0.121. The van der Waals surface area contributed by atoms with E-state index in [1.165, 1.54) is 24.3 Å². The predicted octanol–water partition coefficient (Wildman–Crippen LogP) is 2.93. The molecule has 0 spiro atoms. The number of anilines is 2. The fraction of sp³-hybridized carbons (Fsp3) is 0.263. The maximum Gasteiger partial charge on any atom is 0.261 e. The van der Waals surface area contributed by atoms with E-state index in [0.717, 1.165) is 4.90 Å². The molecule has 2 amide bonds. The van der Waals surface area contributed by atoms with E-state index in [1.54, 1.807) is 24.3 Å². The van der Waals surface area contributed by atoms with Crippen LogP contribution in [0.25, 0.3) is 0 Å². The summed E-state index contributed by atoms with van der Waals surface area (Å²) in [7, 11) is -3.80. The SMILES string of the molecule is CC(C)Oc1ccc(NS(=O)(=O)c2ccc(N3C(=O)CCC3=O)cc2)cc1. The first-order valence-electron chi connectivity index (χ1n) is 8.52. The zero-order valence-electron chi connectivity index (χ0n) is 15.0. The number of ether oxygens (including phenoxy) is 1. The molecule has 142 valence electrons. The second kappa shape index (κ2) is 7.40. The molecular formula is C19H20N2O5S. The van der Waals surface area contributed by atoms with E-state index in [4.69, 9.17) is 4.74 Å². The molecule has 3 rings (SSSR count). The molecule has 1 aliphatic rings. The van der Waals surface area contributed by atoms with Gasteiger partial charge >= 0.3 is 0 Å². The smallest absolute Gasteiger partial charge is 0.261 e. The van der Waals surface area contributed by atoms with Crippen LogP contribution in [0.4, 0.5) is 11.4 Å². The van der Waals surface area contributed by atoms with E-state index in [2.05, 4.69) is 4.72 Å². The number of sulfonamides is 1. The van der Waals surface area contributed by atoms with Gasteiger partial charge in [0, 0.05) is 18.5 Å². The molecule has 0 atom stereocenters. The van der Waals surface area contributed by atoms with Gasteiger partial charge in [-0.15, -0.1) is 0 Å². The Morgan fingerprint density at radius 2 is 1.48 bits per heavy atom. The number of rotatable bonds is 6. The average Bonchev–Trinajstić information content (AvgIpc) is 2.95. The summed E-state index contributed by atoms with van der Waals surface area (Å²) in [5, 5.41) is 0. The molecule has 0 unspecified atom stereocenters. The molecule has 1 fully saturated rings. The molecule has 27 heavy (non-hydrogen) atoms. The van der Waals surface area contributed by atoms with Crippen molar-refractivity contribution in [2.75, 3.05) is 9.62 Å². The van der Waals surface area contributed by atoms with E-state index in [1.807, 2.05) is 13.8 Å². The Balaban J connectivity index is 1.75. The number of carbonyl (C=O) groups is 2. The van der Waals surface area contributed by atoms with Crippen LogP contribution in [0.5, 0.6) is 5.75 Å². The van der Waals surface area contributed by atoms with E-state index in [0.29, 0.717) is 17.1 Å². The molecule has 2 aromatic rings. The Hall–Kier alpha value is -2.87. The average molecular weight is 388 g/mol. The number of nitrogens with zero attached hydrogens (tertiary/aromatic N) is 1. The standard InChI is InChI=1S/C19H20N2O5S/c1-13(2)26-16-7-3-14(4-8-16)20-27(24,25)17-9-5-15(6-10-17)21-18(22)11-12-19(21)23/h3-10,13,20H,11-12H2,1-2H3. The fourth-order valence-corrected chi connectivity index (χ4v) is 3.79. The summed E-state index contributed by atoms with van der Waals surface area (Å²) >= 11 is 0. The van der Waals surface area contributed by atoms with Crippen LogP contribution in [0.1, 0.15) is 26.7 Å². The number of amides is 2. The third kappa shape index (κ3) is 4.28. The summed E-state index contributed by atoms with van der Waals surface area (Å²) in [6.45, 7) is 3.81. The molecule has 1 saturated heterocycles. The topological polar surface area (TPSA) is 92.8 Å². The Labute approximate surface area is 158 Å². The van der Waals surface area contributed by atoms with Crippen molar-refractivity contribution < 1.29 is 22.7 Å². The molecule has 0 aromatic heterocycles. The number of imide groups is 1. The Kier molecular flexibility index (Phi) is 5.18. The van der Waals surface area contributed by atoms with Gasteiger partial charge in [-0.25, -0.2) is 8.42 Å². The van der Waals surface area contributed by atoms with E-state index >= 15 is 0 Å². The third-order valence-electron chi connectivity index (χ3n) is 3.94. The molecule has 1 aliphatic heterocycles. The third-order valence-corrected chi connectivity index (χ3v) is 5.33. The van der Waals surface area contributed by atoms with Crippen LogP contribution in [-0.4, -0.2) is 26.3 Å². The molecule has 0 aliphatic carbocycles. The lowest BCUT2D eigenvalue weighted by atomic mass is 10.3. The maximum atomic E-state index is 12.5. The highest BCUT2D eigenvalue weighted by Crippen LogP contribution is 2.25. The van der Waals surface area contributed by atoms with Gasteiger partial charge in [-0.1, -0.05) is 0 Å². The van der Waals surface area contributed by atoms with Gasteiger partial charge in [0.05, 0.1) is 16.7 Å². The molecule has 0 saturated carbocycles. The van der Waals surface area contributed by atoms with Crippen LogP contribution < -0.4 is 14.4 Å². The summed E-state index contributed by atoms with van der Waals surface area (Å²) in [5.74, 6) is 0.0899. The van der Waals surface area contributed by atoms with Crippen LogP contribution in [0, 0.1) is 0 Å². The Morgan fingerprint density at radius 1 is 0.926 bits per heavy atom. The summed E-state index contributed by atoms with van der Waals surface area (Å²) in [4.78, 5) is 24.6. The van der Waals surface area contributed by atoms with Crippen molar-refractivity contribution >= 4 is 33.2 Å². The number of benzene rings is 2. The normalized spacial score (nSPS) is 14.7. The first-order valence-corrected chi connectivity index (χ1v) is 10.00. The minimum atomic E-state index is -3.80. The van der Waals surface area contributed by atoms with Crippen molar-refractivity contribution in [2.24, 2.45) is 0 Å². The molecule has 0 bridgehead atoms. The minimum absolute atomic E-state index is 0.0282. The van der Waals surface area contributed by atoms with Crippen molar-refractivity contribution in [3.8, 4) is 5.75 Å². The number of hydrogen-bond donors (Lipinski definition) is 1. The van der Waals surface area contributed by atoms with Crippen LogP contribution >= 0.6 is 0 Å². The molecule has 8 heteroatoms. The van der Waals surface area contributed by atoms with Crippen molar-refractivity contribution in [1.29, 1.82) is 0 Å². The van der Waals surface area contributed by atoms with Gasteiger partial charge in [-0.3, -0.25) is 19.2 Å². The number of nitrogens with one attached hydrogen (secondary N) is 1. The molecule has 1 heterocycles. The van der Waals surface area contributed by atoms with E-state index in [-0.39, 0.29) is 35.7 Å². The molecule has 7 nitrogen and oxygen atoms in total. The summed E-state index contributed by atoms with van der Waals surface area (Å²) in [5.41, 5.74) is 0.775. The molecule has 1 N–H and O–H groups in total. The first kappa shape index (κ1) is 18.9. The summed E-state index contributed by atoms with van der Waals surface area (Å²) in [6.07, 6.45) is 0.383. The zero-order chi connectivity index (χ0) is 19.6.